The number of hydrogen-bond donors (Lipinski definition) is 2. The van der Waals surface area contributed by atoms with Crippen molar-refractivity contribution in [3.63, 3.8) is 0 Å². The Morgan fingerprint density at radius 1 is 0.938 bits per heavy atom. The summed E-state index contributed by atoms with van der Waals surface area (Å²) in [5, 5.41) is 11.7. The number of rotatable bonds is 15. The number of carboxylic acids is 1. The predicted molar refractivity (Wildman–Crippen MR) is 179 cm³/mol. The number of nitrogens with zero attached hydrogens (tertiary/aromatic N) is 2. The minimum absolute atomic E-state index is 0.220. The zero-order valence-corrected chi connectivity index (χ0v) is 30.1. The van der Waals surface area contributed by atoms with Gasteiger partial charge in [-0.05, 0) is 69.4 Å². The van der Waals surface area contributed by atoms with Gasteiger partial charge < -0.3 is 24.3 Å². The number of ether oxygens (including phenoxy) is 2. The maximum Gasteiger partial charge on any atom is 0.442 e. The smallest absolute Gasteiger partial charge is 0.442 e. The van der Waals surface area contributed by atoms with Crippen molar-refractivity contribution in [2.24, 2.45) is 4.36 Å². The summed E-state index contributed by atoms with van der Waals surface area (Å²) >= 11 is 0. The molecular formula is C32H48F3N3O8SSi. The molecule has 0 bridgehead atoms. The quantitative estimate of drug-likeness (QED) is 0.177. The van der Waals surface area contributed by atoms with Gasteiger partial charge in [0, 0.05) is 23.9 Å². The number of aromatic nitrogens is 1. The molecule has 0 radical (unpaired) electrons. The largest absolute Gasteiger partial charge is 0.480 e. The van der Waals surface area contributed by atoms with Gasteiger partial charge in [0.15, 0.2) is 8.32 Å². The second kappa shape index (κ2) is 20.1. The first-order valence-corrected chi connectivity index (χ1v) is 20.0. The number of alkyl carbamates (subject to hydrolysis) is 1. The van der Waals surface area contributed by atoms with E-state index in [1.54, 1.807) is 84.3 Å². The molecule has 2 unspecified atom stereocenters. The van der Waals surface area contributed by atoms with Crippen LogP contribution < -0.4 is 5.32 Å². The molecule has 270 valence electrons. The predicted octanol–water partition coefficient (Wildman–Crippen LogP) is 7.58. The van der Waals surface area contributed by atoms with Gasteiger partial charge in [-0.1, -0.05) is 57.2 Å². The topological polar surface area (TPSA) is 153 Å². The Morgan fingerprint density at radius 3 is 1.92 bits per heavy atom. The van der Waals surface area contributed by atoms with Gasteiger partial charge in [-0.25, -0.2) is 18.6 Å². The summed E-state index contributed by atoms with van der Waals surface area (Å²) in [6, 6.07) is 14.0. The Kier molecular flexibility index (Phi) is 17.8. The number of pyridine rings is 1. The van der Waals surface area contributed by atoms with E-state index in [0.29, 0.717) is 23.7 Å². The average molecular weight is 720 g/mol. The van der Waals surface area contributed by atoms with Gasteiger partial charge in [0.05, 0.1) is 9.73 Å². The maximum absolute atomic E-state index is 14.0. The fourth-order valence-electron chi connectivity index (χ4n) is 4.28. The molecule has 2 amide bonds. The highest BCUT2D eigenvalue weighted by Crippen LogP contribution is 2.33. The molecule has 0 spiro atoms. The lowest BCUT2D eigenvalue weighted by atomic mass is 10.2. The number of nitrogens with one attached hydrogen (secondary N) is 1. The van der Waals surface area contributed by atoms with Crippen molar-refractivity contribution in [1.82, 2.24) is 10.3 Å². The summed E-state index contributed by atoms with van der Waals surface area (Å²) < 4.78 is 75.4. The van der Waals surface area contributed by atoms with E-state index in [-0.39, 0.29) is 6.61 Å². The Morgan fingerprint density at radius 2 is 1.48 bits per heavy atom. The highest BCUT2D eigenvalue weighted by atomic mass is 32.2. The van der Waals surface area contributed by atoms with E-state index in [2.05, 4.69) is 14.7 Å². The van der Waals surface area contributed by atoms with Crippen molar-refractivity contribution in [2.45, 2.75) is 103 Å². The van der Waals surface area contributed by atoms with E-state index in [0.717, 1.165) is 0 Å². The molecule has 1 heterocycles. The van der Waals surface area contributed by atoms with E-state index in [1.165, 1.54) is 0 Å². The Hall–Kier alpha value is -3.50. The van der Waals surface area contributed by atoms with Crippen molar-refractivity contribution in [2.75, 3.05) is 11.5 Å². The molecule has 16 heteroatoms. The van der Waals surface area contributed by atoms with Crippen LogP contribution in [0.5, 0.6) is 0 Å². The van der Waals surface area contributed by atoms with Crippen LogP contribution in [0.25, 0.3) is 0 Å². The second-order valence-corrected chi connectivity index (χ2v) is 19.1. The summed E-state index contributed by atoms with van der Waals surface area (Å²) in [5.41, 5.74) is -0.329. The summed E-state index contributed by atoms with van der Waals surface area (Å²) in [6.45, 7) is 9.82. The third-order valence-corrected chi connectivity index (χ3v) is 14.0. The van der Waals surface area contributed by atoms with Crippen molar-refractivity contribution in [3.05, 3.63) is 66.5 Å². The van der Waals surface area contributed by atoms with Crippen LogP contribution in [0.3, 0.4) is 0 Å². The first kappa shape index (κ1) is 42.5. The highest BCUT2D eigenvalue weighted by molar-refractivity contribution is 7.93. The lowest BCUT2D eigenvalue weighted by Crippen LogP contribution is -2.46. The normalized spacial score (nSPS) is 14.3. The summed E-state index contributed by atoms with van der Waals surface area (Å²) in [6.07, 6.45) is -7.09. The number of alkyl halides is 3. The maximum atomic E-state index is 14.0. The van der Waals surface area contributed by atoms with Gasteiger partial charge in [-0.2, -0.15) is 13.2 Å². The SMILES string of the molecule is CC[Si](CC)(CC)OC(CC[S@](=O)(CCC(NC(=O)OC(C)(C)C)C(=O)O)=NC(=O)OCc1ccccc1)C(F)(F)F.c1ccncc1. The van der Waals surface area contributed by atoms with E-state index >= 15 is 0 Å². The summed E-state index contributed by atoms with van der Waals surface area (Å²) in [5.74, 6) is -2.81. The Bertz CT molecular complexity index is 1350. The van der Waals surface area contributed by atoms with E-state index in [4.69, 9.17) is 13.9 Å². The molecule has 11 nitrogen and oxygen atoms in total. The molecule has 2 rings (SSSR count). The molecule has 0 aliphatic heterocycles. The molecule has 2 N–H and O–H groups in total. The number of benzene rings is 1. The van der Waals surface area contributed by atoms with Gasteiger partial charge in [0.2, 0.25) is 0 Å². The van der Waals surface area contributed by atoms with Crippen LogP contribution in [-0.2, 0) is 35.0 Å². The fraction of sp³-hybridized carbons (Fsp3) is 0.562. The van der Waals surface area contributed by atoms with Crippen LogP contribution >= 0.6 is 0 Å². The summed E-state index contributed by atoms with van der Waals surface area (Å²) in [7, 11) is -6.53. The van der Waals surface area contributed by atoms with Gasteiger partial charge in [-0.15, -0.1) is 4.36 Å². The number of aliphatic carboxylic acids is 1. The van der Waals surface area contributed by atoms with Gasteiger partial charge in [-0.3, -0.25) is 4.98 Å². The van der Waals surface area contributed by atoms with Crippen LogP contribution in [0, 0.1) is 0 Å². The molecular weight excluding hydrogens is 672 g/mol. The zero-order valence-electron chi connectivity index (χ0n) is 28.3. The zero-order chi connectivity index (χ0) is 36.4. The number of carboxylic acid groups (broad SMARTS) is 1. The number of carbonyl (C=O) groups excluding carboxylic acids is 2. The first-order chi connectivity index (χ1) is 22.4. The molecule has 1 aromatic heterocycles. The number of halogens is 3. The van der Waals surface area contributed by atoms with Gasteiger partial charge in [0.1, 0.15) is 24.4 Å². The molecule has 2 aromatic rings. The van der Waals surface area contributed by atoms with E-state index < -0.39 is 84.5 Å². The number of amides is 2. The third kappa shape index (κ3) is 17.1. The molecule has 48 heavy (non-hydrogen) atoms. The standard InChI is InChI=1S/C27H43F3N2O8SSi.C5H5N/c1-7-42(8-2,9-3)40-22(27(28,29)30)16-18-41(37,32-25(36)38-19-20-13-11-10-12-14-20)17-15-21(23(33)34)31-24(35)39-26(4,5)6;1-2-4-6-5-3-1/h10-14,21-22H,7-9,15-19H2,1-6H3,(H,31,35)(H,33,34);1-5H/t21?,22?,41-;/m1./s1. The van der Waals surface area contributed by atoms with Crippen molar-refractivity contribution < 1.29 is 50.8 Å². The molecule has 0 saturated heterocycles. The first-order valence-electron chi connectivity index (χ1n) is 15.6. The van der Waals surface area contributed by atoms with Crippen LogP contribution in [0.15, 0.2) is 65.3 Å². The fourth-order valence-corrected chi connectivity index (χ4v) is 9.03. The van der Waals surface area contributed by atoms with Crippen molar-refractivity contribution >= 4 is 36.2 Å². The minimum Gasteiger partial charge on any atom is -0.480 e. The van der Waals surface area contributed by atoms with Crippen LogP contribution in [0.4, 0.5) is 22.8 Å². The number of carbonyl (C=O) groups is 3. The van der Waals surface area contributed by atoms with Crippen LogP contribution in [-0.4, -0.2) is 76.2 Å². The molecule has 0 aliphatic carbocycles. The van der Waals surface area contributed by atoms with Crippen molar-refractivity contribution in [1.29, 1.82) is 0 Å². The lowest BCUT2D eigenvalue weighted by Gasteiger charge is -2.34. The lowest BCUT2D eigenvalue weighted by molar-refractivity contribution is -0.198. The molecule has 1 aromatic carbocycles. The molecule has 3 atom stereocenters. The van der Waals surface area contributed by atoms with E-state index in [9.17, 15) is 36.9 Å². The highest BCUT2D eigenvalue weighted by Gasteiger charge is 2.45. The monoisotopic (exact) mass is 719 g/mol. The third-order valence-electron chi connectivity index (χ3n) is 7.12. The van der Waals surface area contributed by atoms with Crippen molar-refractivity contribution in [3.8, 4) is 0 Å². The Labute approximate surface area is 282 Å². The van der Waals surface area contributed by atoms with Gasteiger partial charge in [0.25, 0.3) is 0 Å². The molecule has 0 fully saturated rings. The van der Waals surface area contributed by atoms with Crippen LogP contribution in [0.1, 0.15) is 59.9 Å². The Balaban J connectivity index is 0.00000171. The number of hydrogen-bond acceptors (Lipinski definition) is 8. The molecule has 0 aliphatic rings. The summed E-state index contributed by atoms with van der Waals surface area (Å²) in [4.78, 5) is 40.3. The average Bonchev–Trinajstić information content (AvgIpc) is 3.02. The van der Waals surface area contributed by atoms with E-state index in [1.807, 2.05) is 18.2 Å². The molecule has 0 saturated carbocycles. The minimum atomic E-state index is -4.77. The van der Waals surface area contributed by atoms with Gasteiger partial charge >= 0.3 is 24.3 Å². The second-order valence-electron chi connectivity index (χ2n) is 11.8. The van der Waals surface area contributed by atoms with Crippen LogP contribution in [0.2, 0.25) is 18.1 Å².